The van der Waals surface area contributed by atoms with Crippen LogP contribution in [-0.4, -0.2) is 43.3 Å². The molecule has 0 radical (unpaired) electrons. The van der Waals surface area contributed by atoms with E-state index in [2.05, 4.69) is 45.4 Å². The number of nitrogens with zero attached hydrogens (tertiary/aromatic N) is 5. The Labute approximate surface area is 137 Å². The summed E-state index contributed by atoms with van der Waals surface area (Å²) in [6, 6.07) is 4.91. The Morgan fingerprint density at radius 1 is 1.26 bits per heavy atom. The first kappa shape index (κ1) is 15.9. The molecule has 3 heterocycles. The lowest BCUT2D eigenvalue weighted by Crippen LogP contribution is -2.40. The molecule has 6 heteroatoms. The summed E-state index contributed by atoms with van der Waals surface area (Å²) in [6.45, 7) is 11.1. The number of ether oxygens (including phenoxy) is 1. The highest BCUT2D eigenvalue weighted by atomic mass is 16.5. The van der Waals surface area contributed by atoms with Crippen LogP contribution in [0.4, 0.5) is 0 Å². The minimum atomic E-state index is 0.424. The van der Waals surface area contributed by atoms with Gasteiger partial charge < -0.3 is 9.30 Å². The zero-order valence-corrected chi connectivity index (χ0v) is 14.4. The van der Waals surface area contributed by atoms with Crippen LogP contribution in [0.5, 0.6) is 5.75 Å². The number of fused-ring (bicyclic) bond motifs is 1. The summed E-state index contributed by atoms with van der Waals surface area (Å²) in [5, 5.41) is 8.70. The highest BCUT2D eigenvalue weighted by molar-refractivity contribution is 5.19. The third-order valence-electron chi connectivity index (χ3n) is 4.45. The van der Waals surface area contributed by atoms with E-state index in [9.17, 15) is 0 Å². The van der Waals surface area contributed by atoms with E-state index >= 15 is 0 Å². The smallest absolute Gasteiger partial charge is 0.171 e. The Balaban J connectivity index is 1.71. The lowest BCUT2D eigenvalue weighted by molar-refractivity contribution is 0.165. The van der Waals surface area contributed by atoms with E-state index in [1.165, 1.54) is 0 Å². The van der Waals surface area contributed by atoms with Crippen molar-refractivity contribution in [2.75, 3.05) is 6.54 Å². The number of hydrogen-bond donors (Lipinski definition) is 0. The maximum absolute atomic E-state index is 5.81. The quantitative estimate of drug-likeness (QED) is 0.866. The fraction of sp³-hybridized carbons (Fsp3) is 0.588. The van der Waals surface area contributed by atoms with Gasteiger partial charge in [-0.05, 0) is 39.8 Å². The van der Waals surface area contributed by atoms with E-state index in [-0.39, 0.29) is 0 Å². The molecular weight excluding hydrogens is 290 g/mol. The summed E-state index contributed by atoms with van der Waals surface area (Å²) < 4.78 is 8.02. The van der Waals surface area contributed by atoms with Gasteiger partial charge >= 0.3 is 0 Å². The van der Waals surface area contributed by atoms with Crippen LogP contribution in [0.25, 0.3) is 0 Å². The van der Waals surface area contributed by atoms with Gasteiger partial charge in [0.1, 0.15) is 18.2 Å². The maximum Gasteiger partial charge on any atom is 0.171 e. The Morgan fingerprint density at radius 3 is 2.78 bits per heavy atom. The van der Waals surface area contributed by atoms with Gasteiger partial charge in [0.2, 0.25) is 0 Å². The number of rotatable bonds is 4. The van der Waals surface area contributed by atoms with Gasteiger partial charge in [-0.1, -0.05) is 0 Å². The van der Waals surface area contributed by atoms with Crippen molar-refractivity contribution in [3.8, 4) is 5.75 Å². The molecule has 0 spiro atoms. The lowest BCUT2D eigenvalue weighted by atomic mass is 10.1. The number of aromatic nitrogens is 4. The van der Waals surface area contributed by atoms with E-state index in [4.69, 9.17) is 4.74 Å². The highest BCUT2D eigenvalue weighted by Gasteiger charge is 2.25. The molecule has 0 fully saturated rings. The van der Waals surface area contributed by atoms with Gasteiger partial charge in [-0.2, -0.15) is 0 Å². The number of pyridine rings is 1. The fourth-order valence-electron chi connectivity index (χ4n) is 3.16. The van der Waals surface area contributed by atoms with Gasteiger partial charge in [0, 0.05) is 37.3 Å². The summed E-state index contributed by atoms with van der Waals surface area (Å²) in [7, 11) is 0. The molecule has 124 valence electrons. The molecule has 2 aromatic heterocycles. The molecule has 0 aliphatic carbocycles. The third-order valence-corrected chi connectivity index (χ3v) is 4.45. The van der Waals surface area contributed by atoms with Gasteiger partial charge in [0.15, 0.2) is 5.82 Å². The average Bonchev–Trinajstić information content (AvgIpc) is 2.80. The third kappa shape index (κ3) is 3.52. The molecule has 23 heavy (non-hydrogen) atoms. The molecule has 1 unspecified atom stereocenters. The summed E-state index contributed by atoms with van der Waals surface area (Å²) in [5.74, 6) is 2.71. The van der Waals surface area contributed by atoms with Gasteiger partial charge in [-0.3, -0.25) is 9.88 Å². The SMILES string of the molecule is Cc1ccc(OCc2nnc3n2CCN(C(C)C)C(C)C3)cn1. The predicted octanol–water partition coefficient (Wildman–Crippen LogP) is 2.22. The Morgan fingerprint density at radius 2 is 2.09 bits per heavy atom. The summed E-state index contributed by atoms with van der Waals surface area (Å²) in [6.07, 6.45) is 2.68. The zero-order valence-electron chi connectivity index (χ0n) is 14.4. The van der Waals surface area contributed by atoms with Crippen LogP contribution in [-0.2, 0) is 19.6 Å². The minimum absolute atomic E-state index is 0.424. The Kier molecular flexibility index (Phi) is 4.61. The van der Waals surface area contributed by atoms with Crippen molar-refractivity contribution in [3.05, 3.63) is 35.7 Å². The maximum atomic E-state index is 5.81. The second-order valence-corrected chi connectivity index (χ2v) is 6.49. The van der Waals surface area contributed by atoms with Gasteiger partial charge in [-0.25, -0.2) is 0 Å². The molecule has 1 atom stereocenters. The van der Waals surface area contributed by atoms with Crippen LogP contribution in [0.3, 0.4) is 0 Å². The molecule has 0 aromatic carbocycles. The monoisotopic (exact) mass is 315 g/mol. The standard InChI is InChI=1S/C17H25N5O/c1-12(2)21-7-8-22-16(9-14(21)4)19-20-17(22)11-23-15-6-5-13(3)18-10-15/h5-6,10,12,14H,7-9,11H2,1-4H3. The first-order valence-corrected chi connectivity index (χ1v) is 8.26. The summed E-state index contributed by atoms with van der Waals surface area (Å²) in [5.41, 5.74) is 0.983. The molecular formula is C17H25N5O. The second kappa shape index (κ2) is 6.66. The second-order valence-electron chi connectivity index (χ2n) is 6.49. The molecule has 0 saturated heterocycles. The Hall–Kier alpha value is -1.95. The van der Waals surface area contributed by atoms with Gasteiger partial charge in [0.25, 0.3) is 0 Å². The molecule has 0 amide bonds. The van der Waals surface area contributed by atoms with Crippen LogP contribution in [0.1, 0.15) is 38.1 Å². The van der Waals surface area contributed by atoms with Crippen LogP contribution in [0, 0.1) is 6.92 Å². The fourth-order valence-corrected chi connectivity index (χ4v) is 3.16. The van der Waals surface area contributed by atoms with Crippen molar-refractivity contribution in [2.45, 2.75) is 59.4 Å². The Bertz CT molecular complexity index is 650. The molecule has 2 aromatic rings. The topological polar surface area (TPSA) is 56.1 Å². The molecule has 0 N–H and O–H groups in total. The number of hydrogen-bond acceptors (Lipinski definition) is 5. The molecule has 0 saturated carbocycles. The molecule has 1 aliphatic heterocycles. The van der Waals surface area contributed by atoms with Crippen LogP contribution < -0.4 is 4.74 Å². The van der Waals surface area contributed by atoms with E-state index in [0.29, 0.717) is 18.7 Å². The highest BCUT2D eigenvalue weighted by Crippen LogP contribution is 2.18. The van der Waals surface area contributed by atoms with Crippen LogP contribution in [0.15, 0.2) is 18.3 Å². The van der Waals surface area contributed by atoms with E-state index in [1.54, 1.807) is 6.20 Å². The first-order valence-electron chi connectivity index (χ1n) is 8.26. The summed E-state index contributed by atoms with van der Waals surface area (Å²) in [4.78, 5) is 6.76. The normalized spacial score (nSPS) is 18.7. The molecule has 6 nitrogen and oxygen atoms in total. The van der Waals surface area contributed by atoms with E-state index < -0.39 is 0 Å². The van der Waals surface area contributed by atoms with Crippen molar-refractivity contribution in [1.29, 1.82) is 0 Å². The predicted molar refractivity (Wildman–Crippen MR) is 88.3 cm³/mol. The van der Waals surface area contributed by atoms with Crippen LogP contribution >= 0.6 is 0 Å². The van der Waals surface area contributed by atoms with Gasteiger partial charge in [-0.15, -0.1) is 10.2 Å². The lowest BCUT2D eigenvalue weighted by Gasteiger charge is -2.30. The van der Waals surface area contributed by atoms with E-state index in [1.807, 2.05) is 19.1 Å². The van der Waals surface area contributed by atoms with E-state index in [0.717, 1.165) is 42.6 Å². The average molecular weight is 315 g/mol. The van der Waals surface area contributed by atoms with Crippen molar-refractivity contribution in [3.63, 3.8) is 0 Å². The van der Waals surface area contributed by atoms with Gasteiger partial charge in [0.05, 0.1) is 6.20 Å². The zero-order chi connectivity index (χ0) is 16.4. The summed E-state index contributed by atoms with van der Waals surface area (Å²) >= 11 is 0. The van der Waals surface area contributed by atoms with Crippen molar-refractivity contribution in [1.82, 2.24) is 24.6 Å². The van der Waals surface area contributed by atoms with Crippen molar-refractivity contribution in [2.24, 2.45) is 0 Å². The first-order chi connectivity index (χ1) is 11.0. The van der Waals surface area contributed by atoms with Crippen LogP contribution in [0.2, 0.25) is 0 Å². The van der Waals surface area contributed by atoms with Crippen molar-refractivity contribution < 1.29 is 4.74 Å². The molecule has 0 bridgehead atoms. The number of aryl methyl sites for hydroxylation is 1. The van der Waals surface area contributed by atoms with Crippen molar-refractivity contribution >= 4 is 0 Å². The molecule has 1 aliphatic rings. The largest absolute Gasteiger partial charge is 0.484 e. The minimum Gasteiger partial charge on any atom is -0.484 e. The molecule has 3 rings (SSSR count).